The van der Waals surface area contributed by atoms with Crippen LogP contribution in [0.5, 0.6) is 0 Å². The van der Waals surface area contributed by atoms with Gasteiger partial charge < -0.3 is 9.64 Å². The Morgan fingerprint density at radius 3 is 2.21 bits per heavy atom. The van der Waals surface area contributed by atoms with Gasteiger partial charge in [-0.1, -0.05) is 48.5 Å². The molecule has 0 radical (unpaired) electrons. The monoisotopic (exact) mass is 558 g/mol. The predicted molar refractivity (Wildman–Crippen MR) is 151 cm³/mol. The minimum Gasteiger partial charge on any atom is -0.443 e. The van der Waals surface area contributed by atoms with Crippen molar-refractivity contribution in [2.24, 2.45) is 5.92 Å². The molecule has 2 aliphatic heterocycles. The molecule has 4 rings (SSSR count). The number of likely N-dealkylation sites (tertiary alicyclic amines) is 1. The van der Waals surface area contributed by atoms with Gasteiger partial charge >= 0.3 is 6.09 Å². The van der Waals surface area contributed by atoms with Gasteiger partial charge in [0.2, 0.25) is 5.91 Å². The molecule has 38 heavy (non-hydrogen) atoms. The lowest BCUT2D eigenvalue weighted by atomic mass is 9.89. The first kappa shape index (κ1) is 28.6. The zero-order valence-corrected chi connectivity index (χ0v) is 23.9. The number of carbonyl (C=O) groups excluding carboxylic acids is 2. The van der Waals surface area contributed by atoms with Gasteiger partial charge in [0.05, 0.1) is 10.8 Å². The summed E-state index contributed by atoms with van der Waals surface area (Å²) in [6, 6.07) is 19.9. The third-order valence-corrected chi connectivity index (χ3v) is 9.02. The van der Waals surface area contributed by atoms with E-state index in [1.165, 1.54) is 0 Å². The largest absolute Gasteiger partial charge is 0.443 e. The number of rotatable bonds is 7. The Labute approximate surface area is 232 Å². The third kappa shape index (κ3) is 7.81. The van der Waals surface area contributed by atoms with Crippen LogP contribution in [-0.4, -0.2) is 56.7 Å². The van der Waals surface area contributed by atoms with Crippen molar-refractivity contribution >= 4 is 35.1 Å². The number of nitrogens with one attached hydrogen (secondary N) is 2. The molecule has 2 saturated heterocycles. The number of nitrogens with zero attached hydrogens (tertiary/aromatic N) is 2. The summed E-state index contributed by atoms with van der Waals surface area (Å²) in [5.41, 5.74) is 0.590. The first-order chi connectivity index (χ1) is 18.2. The molecule has 2 aliphatic rings. The number of carbonyl (C=O) groups is 2. The van der Waals surface area contributed by atoms with E-state index in [1.54, 1.807) is 0 Å². The first-order valence-electron chi connectivity index (χ1n) is 13.2. The Balaban J connectivity index is 1.32. The molecule has 3 atom stereocenters. The van der Waals surface area contributed by atoms with E-state index in [9.17, 15) is 13.8 Å². The zero-order valence-electron chi connectivity index (χ0n) is 22.3. The van der Waals surface area contributed by atoms with E-state index in [4.69, 9.17) is 4.74 Å². The second kappa shape index (κ2) is 13.1. The first-order valence-corrected chi connectivity index (χ1v) is 15.1. The molecular formula is C28H38N4O4S2. The molecule has 0 spiro atoms. The van der Waals surface area contributed by atoms with E-state index >= 15 is 0 Å². The van der Waals surface area contributed by atoms with Crippen LogP contribution in [0.15, 0.2) is 65.6 Å². The lowest BCUT2D eigenvalue weighted by molar-refractivity contribution is -0.138. The van der Waals surface area contributed by atoms with Gasteiger partial charge in [-0.25, -0.2) is 18.0 Å². The smallest absolute Gasteiger partial charge is 0.418 e. The molecule has 2 unspecified atom stereocenters. The molecule has 0 saturated carbocycles. The maximum atomic E-state index is 13.7. The minimum absolute atomic E-state index is 0.00530. The predicted octanol–water partition coefficient (Wildman–Crippen LogP) is 4.83. The summed E-state index contributed by atoms with van der Waals surface area (Å²) in [7, 11) is -1.36. The summed E-state index contributed by atoms with van der Waals surface area (Å²) in [4.78, 5) is 28.1. The lowest BCUT2D eigenvalue weighted by Crippen LogP contribution is -2.50. The van der Waals surface area contributed by atoms with Crippen LogP contribution >= 0.6 is 12.1 Å². The summed E-state index contributed by atoms with van der Waals surface area (Å²) >= 11 is 1.13. The van der Waals surface area contributed by atoms with Crippen LogP contribution in [0.3, 0.4) is 0 Å². The van der Waals surface area contributed by atoms with Gasteiger partial charge in [-0.3, -0.25) is 9.52 Å². The Bertz CT molecular complexity index is 1090. The maximum absolute atomic E-state index is 13.7. The molecule has 206 valence electrons. The van der Waals surface area contributed by atoms with Gasteiger partial charge in [-0.15, -0.1) is 0 Å². The minimum atomic E-state index is -1.36. The van der Waals surface area contributed by atoms with Crippen LogP contribution in [-0.2, 0) is 20.5 Å². The number of hydrogen-bond acceptors (Lipinski definition) is 6. The number of piperidine rings is 2. The molecule has 2 N–H and O–H groups in total. The fourth-order valence-electron chi connectivity index (χ4n) is 4.93. The molecule has 2 aromatic carbocycles. The number of hydrogen-bond donors (Lipinski definition) is 2. The van der Waals surface area contributed by atoms with Crippen molar-refractivity contribution in [2.75, 3.05) is 19.6 Å². The standard InChI is InChI=1S/C28H38N4O4S2/c1-28(2,3)36-27(34)30-37-29-23-16-18-31(19-17-23)26(33)22-14-15-25(21-10-6-4-7-11-21)32(20-22)38(35)24-12-8-5-9-13-24/h4-13,22-23,25,29H,14-20H2,1-3H3,(H,30,34)/t22-,25?,38?/m1/s1. The van der Waals surface area contributed by atoms with Gasteiger partial charge in [0.15, 0.2) is 0 Å². The fraction of sp³-hybridized carbons (Fsp3) is 0.500. The number of benzene rings is 2. The average molecular weight is 559 g/mol. The molecule has 0 aliphatic carbocycles. The Morgan fingerprint density at radius 2 is 1.58 bits per heavy atom. The number of ether oxygens (including phenoxy) is 1. The SMILES string of the molecule is CC(C)(C)OC(=O)NSNC1CCN(C(=O)[C@@H]2CCC(c3ccccc3)N(S(=O)c3ccccc3)C2)CC1. The highest BCUT2D eigenvalue weighted by atomic mass is 32.2. The molecule has 2 amide bonds. The molecule has 2 fully saturated rings. The van der Waals surface area contributed by atoms with Gasteiger partial charge in [0.1, 0.15) is 16.6 Å². The van der Waals surface area contributed by atoms with E-state index in [-0.39, 0.29) is 23.9 Å². The summed E-state index contributed by atoms with van der Waals surface area (Å²) in [6.45, 7) is 7.25. The van der Waals surface area contributed by atoms with Gasteiger partial charge in [-0.05, 0) is 64.2 Å². The maximum Gasteiger partial charge on any atom is 0.418 e. The topological polar surface area (TPSA) is 91.0 Å². The van der Waals surface area contributed by atoms with E-state index in [0.29, 0.717) is 19.6 Å². The van der Waals surface area contributed by atoms with Crippen molar-refractivity contribution in [3.8, 4) is 0 Å². The Morgan fingerprint density at radius 1 is 0.947 bits per heavy atom. The average Bonchev–Trinajstić information content (AvgIpc) is 2.92. The third-order valence-electron chi connectivity index (χ3n) is 6.79. The van der Waals surface area contributed by atoms with Crippen LogP contribution in [0.2, 0.25) is 0 Å². The van der Waals surface area contributed by atoms with E-state index < -0.39 is 22.7 Å². The second-order valence-corrected chi connectivity index (χ2v) is 12.9. The van der Waals surface area contributed by atoms with Crippen LogP contribution in [0.1, 0.15) is 58.1 Å². The molecular weight excluding hydrogens is 520 g/mol. The molecule has 2 heterocycles. The summed E-state index contributed by atoms with van der Waals surface area (Å²) < 4.78 is 26.8. The van der Waals surface area contributed by atoms with Gasteiger partial charge in [-0.2, -0.15) is 0 Å². The van der Waals surface area contributed by atoms with Gasteiger partial charge in [0, 0.05) is 43.9 Å². The second-order valence-electron chi connectivity index (χ2n) is 10.8. The van der Waals surface area contributed by atoms with Crippen molar-refractivity contribution in [2.45, 2.75) is 69.0 Å². The zero-order chi connectivity index (χ0) is 27.1. The van der Waals surface area contributed by atoms with Crippen LogP contribution in [0.4, 0.5) is 4.79 Å². The highest BCUT2D eigenvalue weighted by molar-refractivity contribution is 7.96. The molecule has 8 nitrogen and oxygen atoms in total. The highest BCUT2D eigenvalue weighted by Gasteiger charge is 2.38. The van der Waals surface area contributed by atoms with Crippen LogP contribution in [0.25, 0.3) is 0 Å². The van der Waals surface area contributed by atoms with Crippen molar-refractivity contribution in [1.29, 1.82) is 0 Å². The molecule has 10 heteroatoms. The Kier molecular flexibility index (Phi) is 9.86. The number of amides is 2. The summed E-state index contributed by atoms with van der Waals surface area (Å²) in [5, 5.41) is 0. The molecule has 0 bridgehead atoms. The van der Waals surface area contributed by atoms with Crippen LogP contribution < -0.4 is 9.44 Å². The quantitative estimate of drug-likeness (QED) is 0.473. The normalized spacial score (nSPS) is 22.0. The fourth-order valence-corrected chi connectivity index (χ4v) is 6.95. The summed E-state index contributed by atoms with van der Waals surface area (Å²) in [5.74, 6) is -0.0418. The van der Waals surface area contributed by atoms with E-state index in [2.05, 4.69) is 21.6 Å². The lowest BCUT2D eigenvalue weighted by Gasteiger charge is -2.41. The van der Waals surface area contributed by atoms with Crippen molar-refractivity contribution < 1.29 is 18.5 Å². The Hall–Kier alpha value is -2.40. The molecule has 2 aromatic rings. The van der Waals surface area contributed by atoms with Crippen LogP contribution in [0, 0.1) is 5.92 Å². The molecule has 0 aromatic heterocycles. The van der Waals surface area contributed by atoms with Gasteiger partial charge in [0.25, 0.3) is 0 Å². The highest BCUT2D eigenvalue weighted by Crippen LogP contribution is 2.37. The van der Waals surface area contributed by atoms with Crippen molar-refractivity contribution in [3.05, 3.63) is 66.2 Å². The summed E-state index contributed by atoms with van der Waals surface area (Å²) in [6.07, 6.45) is 2.67. The van der Waals surface area contributed by atoms with E-state index in [0.717, 1.165) is 48.3 Å². The van der Waals surface area contributed by atoms with Crippen molar-refractivity contribution in [3.63, 3.8) is 0 Å². The van der Waals surface area contributed by atoms with E-state index in [1.807, 2.05) is 78.5 Å². The van der Waals surface area contributed by atoms with Crippen molar-refractivity contribution in [1.82, 2.24) is 18.6 Å².